The van der Waals surface area contributed by atoms with Crippen molar-refractivity contribution in [1.29, 1.82) is 0 Å². The molecule has 2 aliphatic rings. The van der Waals surface area contributed by atoms with Gasteiger partial charge in [0.1, 0.15) is 0 Å². The van der Waals surface area contributed by atoms with Crippen molar-refractivity contribution in [3.63, 3.8) is 0 Å². The maximum Gasteiger partial charge on any atom is 0.307 e. The van der Waals surface area contributed by atoms with E-state index in [4.69, 9.17) is 0 Å². The van der Waals surface area contributed by atoms with E-state index in [9.17, 15) is 14.7 Å². The molecule has 126 valence electrons. The van der Waals surface area contributed by atoms with Crippen molar-refractivity contribution < 1.29 is 14.7 Å². The van der Waals surface area contributed by atoms with Gasteiger partial charge < -0.3 is 10.4 Å². The van der Waals surface area contributed by atoms with Gasteiger partial charge in [-0.3, -0.25) is 9.59 Å². The lowest BCUT2D eigenvalue weighted by Crippen LogP contribution is -2.34. The minimum absolute atomic E-state index is 0.216. The second kappa shape index (κ2) is 6.20. The molecule has 2 N–H and O–H groups in total. The molecule has 25 heavy (non-hydrogen) atoms. The third-order valence-electron chi connectivity index (χ3n) is 5.15. The van der Waals surface area contributed by atoms with Gasteiger partial charge in [0.2, 0.25) is 5.91 Å². The Kier molecular flexibility index (Phi) is 3.88. The van der Waals surface area contributed by atoms with Gasteiger partial charge in [0, 0.05) is 5.69 Å². The van der Waals surface area contributed by atoms with Crippen LogP contribution in [0.25, 0.3) is 11.1 Å². The summed E-state index contributed by atoms with van der Waals surface area (Å²) in [5.41, 5.74) is 5.67. The van der Waals surface area contributed by atoms with Gasteiger partial charge in [0.25, 0.3) is 0 Å². The van der Waals surface area contributed by atoms with Crippen LogP contribution in [0.2, 0.25) is 0 Å². The van der Waals surface area contributed by atoms with Crippen molar-refractivity contribution in [3.05, 3.63) is 65.7 Å². The highest BCUT2D eigenvalue weighted by atomic mass is 16.4. The summed E-state index contributed by atoms with van der Waals surface area (Å²) < 4.78 is 0. The molecule has 2 atom stereocenters. The lowest BCUT2D eigenvalue weighted by Gasteiger charge is -2.24. The van der Waals surface area contributed by atoms with Crippen molar-refractivity contribution in [3.8, 4) is 11.1 Å². The van der Waals surface area contributed by atoms with Crippen molar-refractivity contribution in [2.24, 2.45) is 11.8 Å². The molecule has 4 nitrogen and oxygen atoms in total. The number of carboxylic acids is 1. The van der Waals surface area contributed by atoms with Gasteiger partial charge in [0.15, 0.2) is 0 Å². The topological polar surface area (TPSA) is 66.4 Å². The van der Waals surface area contributed by atoms with E-state index in [2.05, 4.69) is 17.4 Å². The van der Waals surface area contributed by atoms with Crippen LogP contribution in [-0.2, 0) is 16.0 Å². The third kappa shape index (κ3) is 2.84. The molecule has 1 amide bonds. The van der Waals surface area contributed by atoms with E-state index in [0.717, 1.165) is 12.1 Å². The Hall–Kier alpha value is -2.88. The first-order valence-corrected chi connectivity index (χ1v) is 8.53. The summed E-state index contributed by atoms with van der Waals surface area (Å²) in [6.45, 7) is 0. The van der Waals surface area contributed by atoms with E-state index in [-0.39, 0.29) is 5.91 Å². The van der Waals surface area contributed by atoms with Crippen LogP contribution in [0.4, 0.5) is 5.69 Å². The Labute approximate surface area is 146 Å². The Balaban J connectivity index is 1.54. The molecule has 0 aliphatic heterocycles. The lowest BCUT2D eigenvalue weighted by molar-refractivity contribution is -0.146. The van der Waals surface area contributed by atoms with E-state index in [1.807, 2.05) is 42.5 Å². The van der Waals surface area contributed by atoms with Crippen LogP contribution >= 0.6 is 0 Å². The molecule has 4 heteroatoms. The second-order valence-electron chi connectivity index (χ2n) is 6.69. The number of allylic oxidation sites excluding steroid dienone is 2. The molecule has 0 spiro atoms. The number of carbonyl (C=O) groups excluding carboxylic acids is 1. The number of carboxylic acid groups (broad SMARTS) is 1. The molecule has 0 radical (unpaired) electrons. The summed E-state index contributed by atoms with van der Waals surface area (Å²) in [5.74, 6) is -2.29. The van der Waals surface area contributed by atoms with E-state index in [1.165, 1.54) is 22.3 Å². The largest absolute Gasteiger partial charge is 0.481 e. The van der Waals surface area contributed by atoms with Crippen LogP contribution < -0.4 is 5.32 Å². The Bertz CT molecular complexity index is 884. The highest BCUT2D eigenvalue weighted by Gasteiger charge is 2.34. The van der Waals surface area contributed by atoms with Crippen LogP contribution in [0.1, 0.15) is 24.0 Å². The smallest absolute Gasteiger partial charge is 0.307 e. The number of anilines is 1. The number of aliphatic carboxylic acids is 1. The quantitative estimate of drug-likeness (QED) is 0.715. The van der Waals surface area contributed by atoms with E-state index in [0.29, 0.717) is 12.8 Å². The standard InChI is InChI=1S/C21H19NO3/c23-20(18-7-3-4-8-19(18)21(24)25)22-15-9-10-17-14(12-15)11-13-5-1-2-6-16(13)17/h1-6,9-10,12,18-19H,7-8,11H2,(H,22,23)(H,24,25)/t18-,19-/m0/s1. The summed E-state index contributed by atoms with van der Waals surface area (Å²) >= 11 is 0. The number of benzene rings is 2. The number of carbonyl (C=O) groups is 2. The number of rotatable bonds is 3. The van der Waals surface area contributed by atoms with Crippen molar-refractivity contribution in [2.75, 3.05) is 5.32 Å². The van der Waals surface area contributed by atoms with Gasteiger partial charge in [0.05, 0.1) is 11.8 Å². The molecule has 0 unspecified atom stereocenters. The van der Waals surface area contributed by atoms with E-state index >= 15 is 0 Å². The van der Waals surface area contributed by atoms with Gasteiger partial charge in [-0.1, -0.05) is 42.5 Å². The molecule has 2 aromatic rings. The van der Waals surface area contributed by atoms with Crippen LogP contribution in [0.15, 0.2) is 54.6 Å². The van der Waals surface area contributed by atoms with Crippen molar-refractivity contribution >= 4 is 17.6 Å². The summed E-state index contributed by atoms with van der Waals surface area (Å²) in [7, 11) is 0. The molecule has 0 saturated carbocycles. The fourth-order valence-electron chi connectivity index (χ4n) is 3.83. The normalized spacial score (nSPS) is 20.6. The van der Waals surface area contributed by atoms with Crippen LogP contribution in [0, 0.1) is 11.8 Å². The molecule has 4 rings (SSSR count). The predicted molar refractivity (Wildman–Crippen MR) is 96.3 cm³/mol. The second-order valence-corrected chi connectivity index (χ2v) is 6.69. The summed E-state index contributed by atoms with van der Waals surface area (Å²) in [5, 5.41) is 12.3. The lowest BCUT2D eigenvalue weighted by atomic mass is 9.82. The number of amides is 1. The van der Waals surface area contributed by atoms with Crippen molar-refractivity contribution in [2.45, 2.75) is 19.3 Å². The van der Waals surface area contributed by atoms with Gasteiger partial charge >= 0.3 is 5.97 Å². The Morgan fingerprint density at radius 2 is 1.64 bits per heavy atom. The number of hydrogen-bond donors (Lipinski definition) is 2. The summed E-state index contributed by atoms with van der Waals surface area (Å²) in [6, 6.07) is 14.2. The molecule has 0 aromatic heterocycles. The molecule has 2 aromatic carbocycles. The summed E-state index contributed by atoms with van der Waals surface area (Å²) in [4.78, 5) is 24.0. The molecule has 2 aliphatic carbocycles. The molecule has 0 fully saturated rings. The fourth-order valence-corrected chi connectivity index (χ4v) is 3.83. The average molecular weight is 333 g/mol. The summed E-state index contributed by atoms with van der Waals surface area (Å²) in [6.07, 6.45) is 5.48. The molecule has 0 bridgehead atoms. The van der Waals surface area contributed by atoms with Crippen LogP contribution in [-0.4, -0.2) is 17.0 Å². The molecular weight excluding hydrogens is 314 g/mol. The van der Waals surface area contributed by atoms with E-state index in [1.54, 1.807) is 0 Å². The zero-order valence-corrected chi connectivity index (χ0v) is 13.7. The first-order valence-electron chi connectivity index (χ1n) is 8.53. The molecule has 0 saturated heterocycles. The zero-order valence-electron chi connectivity index (χ0n) is 13.7. The first kappa shape index (κ1) is 15.6. The fraction of sp³-hybridized carbons (Fsp3) is 0.238. The molecular formula is C21H19NO3. The minimum Gasteiger partial charge on any atom is -0.481 e. The highest BCUT2D eigenvalue weighted by Crippen LogP contribution is 2.37. The Morgan fingerprint density at radius 1 is 0.920 bits per heavy atom. The minimum atomic E-state index is -0.908. The van der Waals surface area contributed by atoms with Crippen LogP contribution in [0.3, 0.4) is 0 Å². The van der Waals surface area contributed by atoms with E-state index < -0.39 is 17.8 Å². The van der Waals surface area contributed by atoms with Crippen LogP contribution in [0.5, 0.6) is 0 Å². The maximum absolute atomic E-state index is 12.6. The van der Waals surface area contributed by atoms with Gasteiger partial charge in [-0.25, -0.2) is 0 Å². The van der Waals surface area contributed by atoms with Gasteiger partial charge in [-0.05, 0) is 53.6 Å². The highest BCUT2D eigenvalue weighted by molar-refractivity contribution is 5.96. The zero-order chi connectivity index (χ0) is 17.4. The SMILES string of the molecule is O=C(O)[C@H]1CC=CC[C@@H]1C(=O)Nc1ccc2c(c1)Cc1ccccc1-2. The maximum atomic E-state index is 12.6. The monoisotopic (exact) mass is 333 g/mol. The first-order chi connectivity index (χ1) is 12.1. The van der Waals surface area contributed by atoms with Crippen molar-refractivity contribution in [1.82, 2.24) is 0 Å². The number of fused-ring (bicyclic) bond motifs is 3. The number of nitrogens with one attached hydrogen (secondary N) is 1. The third-order valence-corrected chi connectivity index (χ3v) is 5.15. The Morgan fingerprint density at radius 3 is 2.44 bits per heavy atom. The average Bonchev–Trinajstić information content (AvgIpc) is 2.99. The number of hydrogen-bond acceptors (Lipinski definition) is 2. The predicted octanol–water partition coefficient (Wildman–Crippen LogP) is 3.86. The molecule has 0 heterocycles. The van der Waals surface area contributed by atoms with Gasteiger partial charge in [-0.15, -0.1) is 0 Å². The van der Waals surface area contributed by atoms with Gasteiger partial charge in [-0.2, -0.15) is 0 Å².